The van der Waals surface area contributed by atoms with Gasteiger partial charge in [0.05, 0.1) is 17.5 Å². The molecule has 1 atom stereocenters. The van der Waals surface area contributed by atoms with E-state index in [9.17, 15) is 12.8 Å². The standard InChI is InChI=1S/C23H25FN4O2S/c1-16-7-5-11-25-23(16)27-19-13-17(2)26-21(14-19)22-10-6-12-28(22)31(29,30)15-18-8-3-4-9-20(18)24/h3-5,7-9,11,13-14,22H,6,10,12,15H2,1-2H3,(H,25,26,27). The summed E-state index contributed by atoms with van der Waals surface area (Å²) < 4.78 is 41.8. The summed E-state index contributed by atoms with van der Waals surface area (Å²) in [6.07, 6.45) is 3.13. The Morgan fingerprint density at radius 2 is 1.97 bits per heavy atom. The molecule has 6 nitrogen and oxygen atoms in total. The first-order chi connectivity index (χ1) is 14.8. The van der Waals surface area contributed by atoms with Gasteiger partial charge in [0, 0.05) is 29.7 Å². The molecule has 0 saturated carbocycles. The van der Waals surface area contributed by atoms with Crippen LogP contribution in [-0.2, 0) is 15.8 Å². The summed E-state index contributed by atoms with van der Waals surface area (Å²) in [6, 6.07) is 13.3. The number of halogens is 1. The molecular formula is C23H25FN4O2S. The summed E-state index contributed by atoms with van der Waals surface area (Å²) in [5.41, 5.74) is 3.46. The number of anilines is 2. The third kappa shape index (κ3) is 4.75. The lowest BCUT2D eigenvalue weighted by Gasteiger charge is -2.24. The zero-order chi connectivity index (χ0) is 22.0. The van der Waals surface area contributed by atoms with Gasteiger partial charge in [0.2, 0.25) is 10.0 Å². The van der Waals surface area contributed by atoms with E-state index >= 15 is 0 Å². The second-order valence-electron chi connectivity index (χ2n) is 7.83. The molecule has 8 heteroatoms. The molecule has 1 aliphatic rings. The van der Waals surface area contributed by atoms with Crippen molar-refractivity contribution in [3.63, 3.8) is 0 Å². The predicted molar refractivity (Wildman–Crippen MR) is 119 cm³/mol. The smallest absolute Gasteiger partial charge is 0.219 e. The van der Waals surface area contributed by atoms with Crippen molar-refractivity contribution in [3.05, 3.63) is 83.1 Å². The molecule has 0 spiro atoms. The monoisotopic (exact) mass is 440 g/mol. The van der Waals surface area contributed by atoms with Crippen LogP contribution in [0.1, 0.15) is 41.4 Å². The van der Waals surface area contributed by atoms with E-state index < -0.39 is 15.8 Å². The lowest BCUT2D eigenvalue weighted by atomic mass is 10.1. The van der Waals surface area contributed by atoms with Crippen LogP contribution in [-0.4, -0.2) is 29.2 Å². The topological polar surface area (TPSA) is 75.2 Å². The van der Waals surface area contributed by atoms with E-state index in [1.165, 1.54) is 16.4 Å². The van der Waals surface area contributed by atoms with Gasteiger partial charge in [-0.15, -0.1) is 0 Å². The molecule has 1 aliphatic heterocycles. The summed E-state index contributed by atoms with van der Waals surface area (Å²) in [5.74, 6) is -0.123. The number of pyridine rings is 2. The van der Waals surface area contributed by atoms with Crippen molar-refractivity contribution in [2.24, 2.45) is 0 Å². The van der Waals surface area contributed by atoms with Crippen LogP contribution < -0.4 is 5.32 Å². The summed E-state index contributed by atoms with van der Waals surface area (Å²) >= 11 is 0. The molecule has 1 unspecified atom stereocenters. The molecule has 31 heavy (non-hydrogen) atoms. The Hall–Kier alpha value is -2.84. The number of aromatic nitrogens is 2. The van der Waals surface area contributed by atoms with Crippen LogP contribution in [0.2, 0.25) is 0 Å². The highest BCUT2D eigenvalue weighted by Crippen LogP contribution is 2.36. The van der Waals surface area contributed by atoms with E-state index in [2.05, 4.69) is 15.3 Å². The van der Waals surface area contributed by atoms with Crippen LogP contribution in [0.25, 0.3) is 0 Å². The maximum absolute atomic E-state index is 14.1. The summed E-state index contributed by atoms with van der Waals surface area (Å²) in [6.45, 7) is 4.25. The number of rotatable bonds is 6. The van der Waals surface area contributed by atoms with Gasteiger partial charge in [-0.2, -0.15) is 4.31 Å². The van der Waals surface area contributed by atoms with Crippen molar-refractivity contribution in [2.45, 2.75) is 38.5 Å². The van der Waals surface area contributed by atoms with Gasteiger partial charge in [-0.3, -0.25) is 4.98 Å². The first kappa shape index (κ1) is 21.4. The summed E-state index contributed by atoms with van der Waals surface area (Å²) in [4.78, 5) is 8.99. The Kier molecular flexibility index (Phi) is 6.02. The van der Waals surface area contributed by atoms with Crippen molar-refractivity contribution in [1.29, 1.82) is 0 Å². The highest BCUT2D eigenvalue weighted by molar-refractivity contribution is 7.88. The lowest BCUT2D eigenvalue weighted by molar-refractivity contribution is 0.389. The molecule has 1 N–H and O–H groups in total. The van der Waals surface area contributed by atoms with Crippen LogP contribution in [0.5, 0.6) is 0 Å². The molecule has 0 aliphatic carbocycles. The second kappa shape index (κ2) is 8.72. The average molecular weight is 441 g/mol. The fourth-order valence-electron chi connectivity index (χ4n) is 3.95. The maximum Gasteiger partial charge on any atom is 0.219 e. The van der Waals surface area contributed by atoms with Gasteiger partial charge >= 0.3 is 0 Å². The molecule has 1 fully saturated rings. The Labute approximate surface area is 182 Å². The third-order valence-corrected chi connectivity index (χ3v) is 7.27. The SMILES string of the molecule is Cc1cc(Nc2ncccc2C)cc(C2CCCN2S(=O)(=O)Cc2ccccc2F)n1. The largest absolute Gasteiger partial charge is 0.340 e. The highest BCUT2D eigenvalue weighted by atomic mass is 32.2. The van der Waals surface area contributed by atoms with Crippen LogP contribution in [0.4, 0.5) is 15.9 Å². The van der Waals surface area contributed by atoms with E-state index in [0.717, 1.165) is 29.2 Å². The van der Waals surface area contributed by atoms with E-state index in [4.69, 9.17) is 0 Å². The third-order valence-electron chi connectivity index (χ3n) is 5.44. The number of benzene rings is 1. The van der Waals surface area contributed by atoms with Gasteiger partial charge in [0.15, 0.2) is 0 Å². The van der Waals surface area contributed by atoms with Crippen LogP contribution in [0, 0.1) is 19.7 Å². The number of hydrogen-bond acceptors (Lipinski definition) is 5. The zero-order valence-corrected chi connectivity index (χ0v) is 18.4. The number of aryl methyl sites for hydroxylation is 2. The molecule has 1 aromatic carbocycles. The summed E-state index contributed by atoms with van der Waals surface area (Å²) in [5, 5.41) is 3.31. The first-order valence-electron chi connectivity index (χ1n) is 10.2. The number of nitrogens with one attached hydrogen (secondary N) is 1. The minimum Gasteiger partial charge on any atom is -0.340 e. The van der Waals surface area contributed by atoms with Crippen LogP contribution in [0.15, 0.2) is 54.7 Å². The van der Waals surface area contributed by atoms with E-state index in [1.807, 2.05) is 38.1 Å². The van der Waals surface area contributed by atoms with Gasteiger partial charge < -0.3 is 5.32 Å². The lowest BCUT2D eigenvalue weighted by Crippen LogP contribution is -2.32. The predicted octanol–water partition coefficient (Wildman–Crippen LogP) is 4.64. The van der Waals surface area contributed by atoms with Gasteiger partial charge in [-0.05, 0) is 56.5 Å². The van der Waals surface area contributed by atoms with Crippen LogP contribution in [0.3, 0.4) is 0 Å². The Morgan fingerprint density at radius 1 is 1.16 bits per heavy atom. The molecule has 3 aromatic rings. The molecule has 0 amide bonds. The van der Waals surface area contributed by atoms with E-state index in [0.29, 0.717) is 18.7 Å². The maximum atomic E-state index is 14.1. The van der Waals surface area contributed by atoms with Gasteiger partial charge in [0.25, 0.3) is 0 Å². The highest BCUT2D eigenvalue weighted by Gasteiger charge is 2.36. The van der Waals surface area contributed by atoms with Crippen molar-refractivity contribution in [2.75, 3.05) is 11.9 Å². The van der Waals surface area contributed by atoms with Gasteiger partial charge in [0.1, 0.15) is 11.6 Å². The minimum atomic E-state index is -3.70. The fraction of sp³-hybridized carbons (Fsp3) is 0.304. The minimum absolute atomic E-state index is 0.179. The van der Waals surface area contributed by atoms with E-state index in [-0.39, 0.29) is 17.4 Å². The molecule has 0 bridgehead atoms. The first-order valence-corrected chi connectivity index (χ1v) is 11.8. The van der Waals surface area contributed by atoms with Gasteiger partial charge in [-0.25, -0.2) is 17.8 Å². The van der Waals surface area contributed by atoms with Crippen molar-refractivity contribution in [3.8, 4) is 0 Å². The molecule has 4 rings (SSSR count). The van der Waals surface area contributed by atoms with E-state index in [1.54, 1.807) is 18.3 Å². The van der Waals surface area contributed by atoms with Crippen molar-refractivity contribution in [1.82, 2.24) is 14.3 Å². The zero-order valence-electron chi connectivity index (χ0n) is 17.5. The second-order valence-corrected chi connectivity index (χ2v) is 9.75. The number of hydrogen-bond donors (Lipinski definition) is 1. The number of nitrogens with zero attached hydrogens (tertiary/aromatic N) is 3. The quantitative estimate of drug-likeness (QED) is 0.604. The molecule has 0 radical (unpaired) electrons. The Balaban J connectivity index is 1.62. The molecule has 3 heterocycles. The molecule has 1 saturated heterocycles. The Bertz CT molecular complexity index is 1200. The average Bonchev–Trinajstić information content (AvgIpc) is 3.22. The molecular weight excluding hydrogens is 415 g/mol. The summed E-state index contributed by atoms with van der Waals surface area (Å²) in [7, 11) is -3.70. The molecule has 162 valence electrons. The Morgan fingerprint density at radius 3 is 2.74 bits per heavy atom. The normalized spacial score (nSPS) is 17.1. The van der Waals surface area contributed by atoms with Gasteiger partial charge in [-0.1, -0.05) is 24.3 Å². The fourth-order valence-corrected chi connectivity index (χ4v) is 5.76. The van der Waals surface area contributed by atoms with Crippen LogP contribution >= 0.6 is 0 Å². The van der Waals surface area contributed by atoms with Crippen molar-refractivity contribution < 1.29 is 12.8 Å². The number of sulfonamides is 1. The molecule has 2 aromatic heterocycles. The van der Waals surface area contributed by atoms with Crippen molar-refractivity contribution >= 4 is 21.5 Å².